The van der Waals surface area contributed by atoms with Crippen LogP contribution in [0.5, 0.6) is 0 Å². The Morgan fingerprint density at radius 1 is 0.733 bits per heavy atom. The molecule has 0 aliphatic heterocycles. The van der Waals surface area contributed by atoms with Gasteiger partial charge in [-0.15, -0.1) is 0 Å². The Kier molecular flexibility index (Phi) is 6.93. The van der Waals surface area contributed by atoms with E-state index < -0.39 is 0 Å². The van der Waals surface area contributed by atoms with Gasteiger partial charge in [0, 0.05) is 0 Å². The molecule has 0 nitrogen and oxygen atoms in total. The summed E-state index contributed by atoms with van der Waals surface area (Å²) in [6, 6.07) is 18.5. The lowest BCUT2D eigenvalue weighted by molar-refractivity contribution is 0.362. The molecule has 0 radical (unpaired) electrons. The fourth-order valence-electron chi connectivity index (χ4n) is 5.08. The van der Waals surface area contributed by atoms with Crippen LogP contribution in [0.15, 0.2) is 60.7 Å². The zero-order valence-corrected chi connectivity index (χ0v) is 19.2. The molecule has 0 spiro atoms. The highest BCUT2D eigenvalue weighted by atomic mass is 14.2. The molecule has 0 fully saturated rings. The van der Waals surface area contributed by atoms with Crippen LogP contribution in [0, 0.1) is 17.8 Å². The molecule has 0 saturated carbocycles. The average molecular weight is 399 g/mol. The van der Waals surface area contributed by atoms with Gasteiger partial charge in [0.2, 0.25) is 0 Å². The molecule has 0 heteroatoms. The minimum atomic E-state index is 0.844. The Labute approximate surface area is 184 Å². The van der Waals surface area contributed by atoms with E-state index in [2.05, 4.69) is 81.5 Å². The molecule has 2 aliphatic carbocycles. The summed E-state index contributed by atoms with van der Waals surface area (Å²) in [6.07, 6.45) is 15.3. The second-order valence-electron chi connectivity index (χ2n) is 9.88. The Hall–Kier alpha value is -2.08. The largest absolute Gasteiger partial charge is 0.0805 e. The van der Waals surface area contributed by atoms with Crippen LogP contribution in [0.2, 0.25) is 0 Å². The lowest BCUT2D eigenvalue weighted by atomic mass is 9.81. The molecule has 3 unspecified atom stereocenters. The van der Waals surface area contributed by atoms with E-state index in [0.29, 0.717) is 0 Å². The molecule has 0 bridgehead atoms. The number of hydrogen-bond donors (Lipinski definition) is 0. The summed E-state index contributed by atoms with van der Waals surface area (Å²) in [7, 11) is 0. The number of rotatable bonds is 6. The summed E-state index contributed by atoms with van der Waals surface area (Å²) in [5, 5.41) is 0. The lowest BCUT2D eigenvalue weighted by Crippen LogP contribution is -2.09. The van der Waals surface area contributed by atoms with Crippen LogP contribution in [-0.4, -0.2) is 0 Å². The predicted molar refractivity (Wildman–Crippen MR) is 132 cm³/mol. The van der Waals surface area contributed by atoms with E-state index in [4.69, 9.17) is 0 Å². The van der Waals surface area contributed by atoms with Crippen LogP contribution in [0.4, 0.5) is 0 Å². The zero-order valence-electron chi connectivity index (χ0n) is 19.2. The molecule has 158 valence electrons. The van der Waals surface area contributed by atoms with Crippen molar-refractivity contribution < 1.29 is 0 Å². The standard InChI is InChI=1S/C30H38/c1-4-22(2)21-24-7-11-26(12-8-24)28-15-19-30(20-16-28)29-17-13-27(14-18-29)25-9-5-23(3)6-10-25/h9,11,13-20,22-24H,4-8,10,12,21H2,1-3H3. The highest BCUT2D eigenvalue weighted by molar-refractivity contribution is 5.73. The first kappa shape index (κ1) is 21.2. The third kappa shape index (κ3) is 5.15. The molecule has 2 aromatic carbocycles. The lowest BCUT2D eigenvalue weighted by Gasteiger charge is -2.24. The van der Waals surface area contributed by atoms with E-state index in [-0.39, 0.29) is 0 Å². The smallest absolute Gasteiger partial charge is 0.0184 e. The van der Waals surface area contributed by atoms with Crippen LogP contribution in [0.25, 0.3) is 22.3 Å². The molecule has 2 aliphatic rings. The van der Waals surface area contributed by atoms with Crippen LogP contribution >= 0.6 is 0 Å². The normalized spacial score (nSPS) is 22.9. The number of allylic oxidation sites excluding steroid dienone is 4. The van der Waals surface area contributed by atoms with Gasteiger partial charge in [0.1, 0.15) is 0 Å². The fraction of sp³-hybridized carbons (Fsp3) is 0.467. The van der Waals surface area contributed by atoms with Crippen molar-refractivity contribution in [2.24, 2.45) is 17.8 Å². The number of hydrogen-bond acceptors (Lipinski definition) is 0. The second-order valence-corrected chi connectivity index (χ2v) is 9.88. The SMILES string of the molecule is CCC(C)CC1CC=C(c2ccc(-c3ccc(C4=CCC(C)CC4)cc3)cc2)CC1. The predicted octanol–water partition coefficient (Wildman–Crippen LogP) is 9.18. The molecule has 0 aromatic heterocycles. The van der Waals surface area contributed by atoms with Crippen molar-refractivity contribution in [1.82, 2.24) is 0 Å². The highest BCUT2D eigenvalue weighted by Gasteiger charge is 2.17. The van der Waals surface area contributed by atoms with Crippen LogP contribution < -0.4 is 0 Å². The Morgan fingerprint density at radius 2 is 1.23 bits per heavy atom. The second kappa shape index (κ2) is 9.82. The fourth-order valence-corrected chi connectivity index (χ4v) is 5.08. The maximum atomic E-state index is 2.51. The van der Waals surface area contributed by atoms with E-state index in [1.807, 2.05) is 0 Å². The summed E-state index contributed by atoms with van der Waals surface area (Å²) in [5.41, 5.74) is 8.55. The minimum absolute atomic E-state index is 0.844. The molecule has 4 rings (SSSR count). The van der Waals surface area contributed by atoms with Crippen molar-refractivity contribution in [1.29, 1.82) is 0 Å². The van der Waals surface area contributed by atoms with E-state index in [9.17, 15) is 0 Å². The van der Waals surface area contributed by atoms with E-state index in [1.165, 1.54) is 79.2 Å². The van der Waals surface area contributed by atoms with Crippen molar-refractivity contribution in [2.75, 3.05) is 0 Å². The van der Waals surface area contributed by atoms with Crippen LogP contribution in [0.1, 0.15) is 83.3 Å². The molecule has 0 saturated heterocycles. The monoisotopic (exact) mass is 398 g/mol. The van der Waals surface area contributed by atoms with Crippen molar-refractivity contribution in [3.63, 3.8) is 0 Å². The van der Waals surface area contributed by atoms with Crippen LogP contribution in [-0.2, 0) is 0 Å². The van der Waals surface area contributed by atoms with Crippen molar-refractivity contribution >= 4 is 11.1 Å². The third-order valence-electron chi connectivity index (χ3n) is 7.47. The van der Waals surface area contributed by atoms with Crippen molar-refractivity contribution in [2.45, 2.75) is 72.1 Å². The summed E-state index contributed by atoms with van der Waals surface area (Å²) in [4.78, 5) is 0. The minimum Gasteiger partial charge on any atom is -0.0805 e. The Balaban J connectivity index is 1.40. The summed E-state index contributed by atoms with van der Waals surface area (Å²) in [6.45, 7) is 7.07. The zero-order chi connectivity index (χ0) is 20.9. The molecular formula is C30H38. The van der Waals surface area contributed by atoms with Gasteiger partial charge in [-0.05, 0) is 96.1 Å². The van der Waals surface area contributed by atoms with E-state index >= 15 is 0 Å². The van der Waals surface area contributed by atoms with E-state index in [1.54, 1.807) is 5.57 Å². The van der Waals surface area contributed by atoms with Gasteiger partial charge in [-0.2, -0.15) is 0 Å². The maximum Gasteiger partial charge on any atom is -0.0184 e. The van der Waals surface area contributed by atoms with Gasteiger partial charge in [-0.25, -0.2) is 0 Å². The summed E-state index contributed by atoms with van der Waals surface area (Å²) in [5.74, 6) is 2.61. The maximum absolute atomic E-state index is 2.51. The summed E-state index contributed by atoms with van der Waals surface area (Å²) < 4.78 is 0. The van der Waals surface area contributed by atoms with Crippen molar-refractivity contribution in [3.8, 4) is 11.1 Å². The van der Waals surface area contributed by atoms with Gasteiger partial charge in [-0.3, -0.25) is 0 Å². The molecule has 30 heavy (non-hydrogen) atoms. The highest BCUT2D eigenvalue weighted by Crippen LogP contribution is 2.35. The van der Waals surface area contributed by atoms with E-state index in [0.717, 1.165) is 17.8 Å². The van der Waals surface area contributed by atoms with Crippen LogP contribution in [0.3, 0.4) is 0 Å². The Bertz CT molecular complexity index is 879. The first-order valence-corrected chi connectivity index (χ1v) is 12.2. The van der Waals surface area contributed by atoms with Gasteiger partial charge in [0.15, 0.2) is 0 Å². The van der Waals surface area contributed by atoms with Gasteiger partial charge >= 0.3 is 0 Å². The Morgan fingerprint density at radius 3 is 1.67 bits per heavy atom. The first-order chi connectivity index (χ1) is 14.6. The van der Waals surface area contributed by atoms with Gasteiger partial charge in [0.05, 0.1) is 0 Å². The quantitative estimate of drug-likeness (QED) is 0.455. The molecule has 3 atom stereocenters. The molecular weight excluding hydrogens is 360 g/mol. The summed E-state index contributed by atoms with van der Waals surface area (Å²) >= 11 is 0. The molecule has 0 heterocycles. The molecule has 0 N–H and O–H groups in total. The van der Waals surface area contributed by atoms with Gasteiger partial charge in [-0.1, -0.05) is 87.9 Å². The van der Waals surface area contributed by atoms with Gasteiger partial charge < -0.3 is 0 Å². The molecule has 0 amide bonds. The molecule has 2 aromatic rings. The number of benzene rings is 2. The van der Waals surface area contributed by atoms with Gasteiger partial charge in [0.25, 0.3) is 0 Å². The first-order valence-electron chi connectivity index (χ1n) is 12.2. The topological polar surface area (TPSA) is 0 Å². The third-order valence-corrected chi connectivity index (χ3v) is 7.47. The van der Waals surface area contributed by atoms with Crippen molar-refractivity contribution in [3.05, 3.63) is 71.8 Å². The average Bonchev–Trinajstić information content (AvgIpc) is 2.80.